The normalized spacial score (nSPS) is 12.4. The Hall–Kier alpha value is -3.55. The molecule has 0 radical (unpaired) electrons. The lowest BCUT2D eigenvalue weighted by molar-refractivity contribution is 0.112. The molecule has 1 aromatic heterocycles. The number of benzene rings is 2. The van der Waals surface area contributed by atoms with Crippen LogP contribution in [0.3, 0.4) is 0 Å². The average Bonchev–Trinajstić information content (AvgIpc) is 3.26. The molecule has 2 N–H and O–H groups in total. The highest BCUT2D eigenvalue weighted by Gasteiger charge is 2.29. The Labute approximate surface area is 147 Å². The molecule has 0 fully saturated rings. The van der Waals surface area contributed by atoms with Gasteiger partial charge in [-0.25, -0.2) is 0 Å². The summed E-state index contributed by atoms with van der Waals surface area (Å²) in [5, 5.41) is 21.0. The predicted molar refractivity (Wildman–Crippen MR) is 89.6 cm³/mol. The maximum absolute atomic E-state index is 11.8. The molecule has 3 aromatic rings. The van der Waals surface area contributed by atoms with Gasteiger partial charge in [0.15, 0.2) is 29.3 Å². The summed E-state index contributed by atoms with van der Waals surface area (Å²) in [6, 6.07) is 4.63. The molecule has 0 amide bonds. The number of methoxy groups -OCH3 is 2. The molecule has 0 saturated carbocycles. The number of carbonyl (C=O) groups is 1. The number of aromatic hydroxyl groups is 2. The number of phenols is 2. The van der Waals surface area contributed by atoms with Crippen LogP contribution in [-0.4, -0.2) is 37.5 Å². The maximum atomic E-state index is 11.8. The zero-order chi connectivity index (χ0) is 18.4. The number of aldehydes is 1. The van der Waals surface area contributed by atoms with Crippen molar-refractivity contribution in [3.8, 4) is 45.8 Å². The standard InChI is InChI=1S/C18H14O8/c1-22-10-4-3-8(17(23-2)14(10)20)16-9(6-19)13-11(26-16)5-12-18(15(13)21)25-7-24-12/h3-6,20-21H,7H2,1-2H3. The van der Waals surface area contributed by atoms with Gasteiger partial charge in [0.25, 0.3) is 0 Å². The van der Waals surface area contributed by atoms with Crippen LogP contribution in [0.2, 0.25) is 0 Å². The second-order valence-corrected chi connectivity index (χ2v) is 5.49. The van der Waals surface area contributed by atoms with E-state index < -0.39 is 0 Å². The third-order valence-corrected chi connectivity index (χ3v) is 4.21. The topological polar surface area (TPSA) is 108 Å². The van der Waals surface area contributed by atoms with E-state index in [-0.39, 0.29) is 57.8 Å². The van der Waals surface area contributed by atoms with Crippen molar-refractivity contribution in [2.75, 3.05) is 21.0 Å². The number of rotatable bonds is 4. The highest BCUT2D eigenvalue weighted by atomic mass is 16.7. The van der Waals surface area contributed by atoms with Crippen LogP contribution >= 0.6 is 0 Å². The van der Waals surface area contributed by atoms with Gasteiger partial charge in [0.1, 0.15) is 11.3 Å². The zero-order valence-corrected chi connectivity index (χ0v) is 13.9. The number of furan rings is 1. The first-order valence-corrected chi connectivity index (χ1v) is 7.58. The van der Waals surface area contributed by atoms with Gasteiger partial charge in [-0.2, -0.15) is 0 Å². The highest BCUT2D eigenvalue weighted by Crippen LogP contribution is 2.51. The molecule has 0 unspecified atom stereocenters. The first-order chi connectivity index (χ1) is 12.6. The van der Waals surface area contributed by atoms with Gasteiger partial charge in [0, 0.05) is 6.07 Å². The molecule has 0 aliphatic carbocycles. The van der Waals surface area contributed by atoms with Crippen LogP contribution < -0.4 is 18.9 Å². The van der Waals surface area contributed by atoms with Crippen molar-refractivity contribution in [3.05, 3.63) is 23.8 Å². The van der Waals surface area contributed by atoms with E-state index in [0.29, 0.717) is 17.6 Å². The molecule has 0 spiro atoms. The molecular weight excluding hydrogens is 344 g/mol. The minimum atomic E-state index is -0.246. The van der Waals surface area contributed by atoms with Gasteiger partial charge in [-0.3, -0.25) is 4.79 Å². The summed E-state index contributed by atoms with van der Waals surface area (Å²) in [5.74, 6) is 0.398. The van der Waals surface area contributed by atoms with E-state index in [1.54, 1.807) is 6.07 Å². The molecule has 8 nitrogen and oxygen atoms in total. The van der Waals surface area contributed by atoms with E-state index >= 15 is 0 Å². The molecule has 1 aliphatic heterocycles. The fourth-order valence-electron chi connectivity index (χ4n) is 3.04. The third kappa shape index (κ3) is 2.05. The number of carbonyl (C=O) groups excluding carboxylic acids is 1. The lowest BCUT2D eigenvalue weighted by Crippen LogP contribution is -1.93. The summed E-state index contributed by atoms with van der Waals surface area (Å²) in [6.07, 6.45) is 0.559. The van der Waals surface area contributed by atoms with E-state index in [0.717, 1.165) is 0 Å². The van der Waals surface area contributed by atoms with Crippen molar-refractivity contribution >= 4 is 17.3 Å². The second kappa shape index (κ2) is 5.76. The molecule has 2 heterocycles. The van der Waals surface area contributed by atoms with E-state index in [1.165, 1.54) is 26.4 Å². The number of hydrogen-bond acceptors (Lipinski definition) is 8. The van der Waals surface area contributed by atoms with Crippen molar-refractivity contribution in [2.24, 2.45) is 0 Å². The monoisotopic (exact) mass is 358 g/mol. The van der Waals surface area contributed by atoms with Crippen LogP contribution in [-0.2, 0) is 0 Å². The van der Waals surface area contributed by atoms with Crippen molar-refractivity contribution in [1.82, 2.24) is 0 Å². The second-order valence-electron chi connectivity index (χ2n) is 5.49. The van der Waals surface area contributed by atoms with E-state index in [1.807, 2.05) is 0 Å². The van der Waals surface area contributed by atoms with Gasteiger partial charge in [0.2, 0.25) is 18.3 Å². The van der Waals surface area contributed by atoms with Gasteiger partial charge < -0.3 is 33.6 Å². The lowest BCUT2D eigenvalue weighted by Gasteiger charge is -2.12. The van der Waals surface area contributed by atoms with Gasteiger partial charge >= 0.3 is 0 Å². The van der Waals surface area contributed by atoms with Gasteiger partial charge in [0.05, 0.1) is 30.7 Å². The number of phenolic OH excluding ortho intramolecular Hbond substituents is 2. The smallest absolute Gasteiger partial charge is 0.231 e. The van der Waals surface area contributed by atoms with Gasteiger partial charge in [-0.05, 0) is 12.1 Å². The molecule has 0 bridgehead atoms. The van der Waals surface area contributed by atoms with E-state index in [4.69, 9.17) is 23.4 Å². The summed E-state index contributed by atoms with van der Waals surface area (Å²) >= 11 is 0. The average molecular weight is 358 g/mol. The molecular formula is C18H14O8. The minimum Gasteiger partial charge on any atom is -0.504 e. The summed E-state index contributed by atoms with van der Waals surface area (Å²) in [5.41, 5.74) is 0.658. The van der Waals surface area contributed by atoms with Crippen molar-refractivity contribution in [1.29, 1.82) is 0 Å². The molecule has 4 rings (SSSR count). The lowest BCUT2D eigenvalue weighted by atomic mass is 10.0. The number of ether oxygens (including phenoxy) is 4. The van der Waals surface area contributed by atoms with Crippen molar-refractivity contribution < 1.29 is 38.4 Å². The molecule has 134 valence electrons. The fraction of sp³-hybridized carbons (Fsp3) is 0.167. The quantitative estimate of drug-likeness (QED) is 0.685. The van der Waals surface area contributed by atoms with Gasteiger partial charge in [-0.15, -0.1) is 0 Å². The minimum absolute atomic E-state index is 0.0288. The number of hydrogen-bond donors (Lipinski definition) is 2. The Morgan fingerprint density at radius 2 is 1.92 bits per heavy atom. The Morgan fingerprint density at radius 3 is 2.62 bits per heavy atom. The summed E-state index contributed by atoms with van der Waals surface area (Å²) < 4.78 is 26.6. The SMILES string of the molecule is COc1ccc(-c2oc3cc4c(c(O)c3c2C=O)OCO4)c(OC)c1O. The third-order valence-electron chi connectivity index (χ3n) is 4.21. The number of fused-ring (bicyclic) bond motifs is 2. The van der Waals surface area contributed by atoms with Crippen LogP contribution in [0.1, 0.15) is 10.4 Å². The summed E-state index contributed by atoms with van der Waals surface area (Å²) in [4.78, 5) is 11.8. The van der Waals surface area contributed by atoms with Crippen molar-refractivity contribution in [2.45, 2.75) is 0 Å². The summed E-state index contributed by atoms with van der Waals surface area (Å²) in [6.45, 7) is -0.0288. The van der Waals surface area contributed by atoms with Crippen LogP contribution in [0.4, 0.5) is 0 Å². The molecule has 2 aromatic carbocycles. The van der Waals surface area contributed by atoms with Crippen LogP contribution in [0.25, 0.3) is 22.3 Å². The first-order valence-electron chi connectivity index (χ1n) is 7.58. The fourth-order valence-corrected chi connectivity index (χ4v) is 3.04. The summed E-state index contributed by atoms with van der Waals surface area (Å²) in [7, 11) is 2.78. The van der Waals surface area contributed by atoms with Crippen molar-refractivity contribution in [3.63, 3.8) is 0 Å². The molecule has 8 heteroatoms. The van der Waals surface area contributed by atoms with E-state index in [9.17, 15) is 15.0 Å². The first kappa shape index (κ1) is 15.9. The Kier molecular flexibility index (Phi) is 3.54. The van der Waals surface area contributed by atoms with E-state index in [2.05, 4.69) is 0 Å². The van der Waals surface area contributed by atoms with Gasteiger partial charge in [-0.1, -0.05) is 0 Å². The molecule has 1 aliphatic rings. The Bertz CT molecular complexity index is 1030. The molecule has 26 heavy (non-hydrogen) atoms. The maximum Gasteiger partial charge on any atom is 0.231 e. The predicted octanol–water partition coefficient (Wildman–Crippen LogP) is 3.07. The molecule has 0 saturated heterocycles. The Balaban J connectivity index is 2.03. The molecule has 0 atom stereocenters. The highest BCUT2D eigenvalue weighted by molar-refractivity contribution is 6.07. The largest absolute Gasteiger partial charge is 0.504 e. The van der Waals surface area contributed by atoms with Crippen LogP contribution in [0, 0.1) is 0 Å². The van der Waals surface area contributed by atoms with Crippen LogP contribution in [0.5, 0.6) is 34.5 Å². The Morgan fingerprint density at radius 1 is 1.12 bits per heavy atom. The zero-order valence-electron chi connectivity index (χ0n) is 13.9. The van der Waals surface area contributed by atoms with Crippen LogP contribution in [0.15, 0.2) is 22.6 Å².